The second-order valence-corrected chi connectivity index (χ2v) is 28.5. The van der Waals surface area contributed by atoms with E-state index in [9.17, 15) is 128 Å². The summed E-state index contributed by atoms with van der Waals surface area (Å²) < 4.78 is 107. The van der Waals surface area contributed by atoms with Crippen molar-refractivity contribution in [2.75, 3.05) is 54.9 Å². The van der Waals surface area contributed by atoms with Gasteiger partial charge in [-0.3, -0.25) is 0 Å². The number of benzene rings is 8. The Morgan fingerprint density at radius 3 is 0.500 bits per heavy atom. The molecule has 628 valence electrons. The van der Waals surface area contributed by atoms with Gasteiger partial charge < -0.3 is 121 Å². The molecule has 0 aromatic heterocycles. The standard InChI is InChI=1S/C23H29F3O6.C23H32O6.C19H21F3O6.C19H24O6/c1-22(23(24,25)26,18-8-14(4-6-27)20(29)16(10-18)12-31-2)19-9-15(5-7-28)21(30)17(11-19)13-32-3;1-23(2,19-9-15(5-7-24)21(26)17(11-19)13-28-3)20-10-16(6-8-25)22(27)18(12-20)14-29-4;1-18(19(20,21)22,14-2-10(6-23)16(27)11(3-14)7-24)15-4-12(8-25)17(28)13(5-15)9-26;1-19(2,15-3-11(7-20)17(24)12(4-15)8-21)16-5-13(9-22)18(25)14(6-16)10-23/h8-11,27-30H,4-7,12-13H2,1-3H3;9-12,24-27H,5-8,13-14H2,1-4H3;2-5,23-28H,6-9H2,1H3;3-6,20-25H,7-10H2,1-2H3. The highest BCUT2D eigenvalue weighted by atomic mass is 19.4. The lowest BCUT2D eigenvalue weighted by Crippen LogP contribution is -2.41. The van der Waals surface area contributed by atoms with Crippen molar-refractivity contribution in [1.82, 2.24) is 0 Å². The van der Waals surface area contributed by atoms with Gasteiger partial charge in [0, 0.05) is 132 Å². The van der Waals surface area contributed by atoms with E-state index in [0.717, 1.165) is 60.4 Å². The van der Waals surface area contributed by atoms with E-state index < -0.39 is 71.9 Å². The van der Waals surface area contributed by atoms with Gasteiger partial charge in [0.25, 0.3) is 0 Å². The number of alkyl halides is 6. The first-order chi connectivity index (χ1) is 53.7. The summed E-state index contributed by atoms with van der Waals surface area (Å²) >= 11 is 0. The van der Waals surface area contributed by atoms with Crippen LogP contribution in [0.25, 0.3) is 0 Å². The third-order valence-electron chi connectivity index (χ3n) is 20.6. The van der Waals surface area contributed by atoms with Crippen LogP contribution >= 0.6 is 0 Å². The maximum atomic E-state index is 14.7. The van der Waals surface area contributed by atoms with Crippen molar-refractivity contribution in [2.45, 2.75) is 181 Å². The predicted molar refractivity (Wildman–Crippen MR) is 408 cm³/mol. The zero-order chi connectivity index (χ0) is 85.8. The molecule has 0 atom stereocenters. The monoisotopic (exact) mass is 1610 g/mol. The van der Waals surface area contributed by atoms with Crippen molar-refractivity contribution in [3.05, 3.63) is 231 Å². The topological polar surface area (TPSA) is 442 Å². The van der Waals surface area contributed by atoms with Crippen molar-refractivity contribution in [1.29, 1.82) is 0 Å². The quantitative estimate of drug-likeness (QED) is 0.0174. The van der Waals surface area contributed by atoms with Gasteiger partial charge in [-0.05, 0) is 179 Å². The maximum absolute atomic E-state index is 14.7. The minimum absolute atomic E-state index is 0.0371. The van der Waals surface area contributed by atoms with Crippen LogP contribution in [0, 0.1) is 0 Å². The number of aliphatic hydroxyl groups is 12. The second kappa shape index (κ2) is 41.6. The van der Waals surface area contributed by atoms with Crippen LogP contribution in [0.15, 0.2) is 97.1 Å². The van der Waals surface area contributed by atoms with E-state index >= 15 is 0 Å². The molecule has 0 radical (unpaired) electrons. The molecule has 30 heteroatoms. The van der Waals surface area contributed by atoms with Crippen LogP contribution in [-0.4, -0.2) is 169 Å². The summed E-state index contributed by atoms with van der Waals surface area (Å²) in [4.78, 5) is 0. The van der Waals surface area contributed by atoms with Crippen molar-refractivity contribution < 1.29 is 147 Å². The first-order valence-corrected chi connectivity index (χ1v) is 35.9. The number of methoxy groups -OCH3 is 4. The highest BCUT2D eigenvalue weighted by Crippen LogP contribution is 2.52. The largest absolute Gasteiger partial charge is 0.507 e. The predicted octanol–water partition coefficient (Wildman–Crippen LogP) is 9.44. The smallest absolute Gasteiger partial charge is 0.402 e. The van der Waals surface area contributed by atoms with Crippen LogP contribution in [0.4, 0.5) is 26.3 Å². The first-order valence-electron chi connectivity index (χ1n) is 35.9. The molecule has 0 bridgehead atoms. The summed E-state index contributed by atoms with van der Waals surface area (Å²) in [6, 6.07) is 23.1. The van der Waals surface area contributed by atoms with E-state index in [1.807, 2.05) is 38.1 Å². The lowest BCUT2D eigenvalue weighted by Gasteiger charge is -2.35. The highest BCUT2D eigenvalue weighted by molar-refractivity contribution is 5.58. The number of aliphatic hydroxyl groups excluding tert-OH is 12. The van der Waals surface area contributed by atoms with Gasteiger partial charge in [0.05, 0.1) is 79.3 Å². The Kier molecular flexibility index (Phi) is 34.9. The van der Waals surface area contributed by atoms with E-state index in [2.05, 4.69) is 13.8 Å². The Labute approximate surface area is 656 Å². The Bertz CT molecular complexity index is 4050. The van der Waals surface area contributed by atoms with Crippen LogP contribution in [0.5, 0.6) is 46.0 Å². The third-order valence-corrected chi connectivity index (χ3v) is 20.6. The zero-order valence-corrected chi connectivity index (χ0v) is 65.2. The number of halogens is 6. The molecule has 20 N–H and O–H groups in total. The number of aromatic hydroxyl groups is 8. The molecule has 0 amide bonds. The van der Waals surface area contributed by atoms with Crippen molar-refractivity contribution in [2.24, 2.45) is 0 Å². The van der Waals surface area contributed by atoms with Gasteiger partial charge >= 0.3 is 12.4 Å². The van der Waals surface area contributed by atoms with E-state index in [0.29, 0.717) is 57.3 Å². The van der Waals surface area contributed by atoms with Gasteiger partial charge in [0.1, 0.15) is 56.8 Å². The number of phenols is 8. The molecule has 0 unspecified atom stereocenters. The summed E-state index contributed by atoms with van der Waals surface area (Å²) in [5.74, 6) is -1.43. The molecular formula is C84H106F6O24. The second-order valence-electron chi connectivity index (χ2n) is 28.5. The first kappa shape index (κ1) is 95.7. The highest BCUT2D eigenvalue weighted by Gasteiger charge is 2.56. The summed E-state index contributed by atoms with van der Waals surface area (Å²) in [6.07, 6.45) is -9.03. The third kappa shape index (κ3) is 21.2. The molecule has 0 aliphatic carbocycles. The molecule has 8 aromatic rings. The molecule has 114 heavy (non-hydrogen) atoms. The van der Waals surface area contributed by atoms with E-state index in [-0.39, 0.29) is 193 Å². The lowest BCUT2D eigenvalue weighted by molar-refractivity contribution is -0.173. The molecule has 0 saturated carbocycles. The van der Waals surface area contributed by atoms with Crippen LogP contribution < -0.4 is 0 Å². The minimum atomic E-state index is -4.88. The van der Waals surface area contributed by atoms with Gasteiger partial charge in [0.15, 0.2) is 0 Å². The van der Waals surface area contributed by atoms with E-state index in [1.165, 1.54) is 38.5 Å². The summed E-state index contributed by atoms with van der Waals surface area (Å²) in [7, 11) is 5.86. The van der Waals surface area contributed by atoms with Gasteiger partial charge in [-0.1, -0.05) is 52.0 Å². The number of phenolic OH excluding ortho intramolecular Hbond substituents is 4. The normalized spacial score (nSPS) is 12.1. The molecule has 8 rings (SSSR count). The van der Waals surface area contributed by atoms with Crippen LogP contribution in [0.3, 0.4) is 0 Å². The molecule has 24 nitrogen and oxygen atoms in total. The number of hydrogen-bond donors (Lipinski definition) is 20. The van der Waals surface area contributed by atoms with Gasteiger partial charge in [0.2, 0.25) is 0 Å². The SMILES string of the molecule is CC(C)(c1cc(CO)c(O)c(CO)c1)c1cc(CO)c(O)c(CO)c1.CC(c1cc(CO)c(O)c(CO)c1)(c1cc(CO)c(O)c(CO)c1)C(F)(F)F.COCc1cc(C(C)(C)c2cc(CCO)c(O)c(COC)c2)cc(CCO)c1O.COCc1cc(C(C)(c2cc(CCO)c(O)c(COC)c2)C(F)(F)F)cc(CCO)c1O. The van der Waals surface area contributed by atoms with Crippen LogP contribution in [0.2, 0.25) is 0 Å². The van der Waals surface area contributed by atoms with Crippen LogP contribution in [0.1, 0.15) is 175 Å². The zero-order valence-electron chi connectivity index (χ0n) is 65.2. The van der Waals surface area contributed by atoms with Gasteiger partial charge in [-0.2, -0.15) is 26.3 Å². The number of hydrogen-bond acceptors (Lipinski definition) is 24. The van der Waals surface area contributed by atoms with Crippen molar-refractivity contribution in [3.8, 4) is 46.0 Å². The lowest BCUT2D eigenvalue weighted by atomic mass is 9.73. The molecule has 8 aromatic carbocycles. The summed E-state index contributed by atoms with van der Waals surface area (Å²) in [6.45, 7) is 4.73. The number of ether oxygens (including phenoxy) is 4. The van der Waals surface area contributed by atoms with Crippen molar-refractivity contribution >= 4 is 0 Å². The molecule has 0 aliphatic heterocycles. The molecular weight excluding hydrogens is 1510 g/mol. The average molecular weight is 1610 g/mol. The van der Waals surface area contributed by atoms with Crippen LogP contribution in [-0.2, 0) is 146 Å². The van der Waals surface area contributed by atoms with E-state index in [4.69, 9.17) is 18.9 Å². The fraction of sp³-hybridized carbons (Fsp3) is 0.429. The van der Waals surface area contributed by atoms with Crippen molar-refractivity contribution in [3.63, 3.8) is 0 Å². The molecule has 0 aliphatic rings. The Hall–Kier alpha value is -8.90. The minimum Gasteiger partial charge on any atom is -0.507 e. The average Bonchev–Trinajstić information content (AvgIpc) is 0.746. The van der Waals surface area contributed by atoms with E-state index in [1.54, 1.807) is 38.5 Å². The summed E-state index contributed by atoms with van der Waals surface area (Å²) in [5.41, 5.74) is -0.266. The summed E-state index contributed by atoms with van der Waals surface area (Å²) in [5, 5.41) is 195. The maximum Gasteiger partial charge on any atom is 0.402 e. The molecule has 0 spiro atoms. The Morgan fingerprint density at radius 2 is 0.351 bits per heavy atom. The van der Waals surface area contributed by atoms with Gasteiger partial charge in [-0.25, -0.2) is 0 Å². The fourth-order valence-corrected chi connectivity index (χ4v) is 13.3. The fourth-order valence-electron chi connectivity index (χ4n) is 13.3. The Balaban J connectivity index is 0.000000272. The van der Waals surface area contributed by atoms with Gasteiger partial charge in [-0.15, -0.1) is 0 Å². The number of rotatable bonds is 32. The molecule has 0 heterocycles. The molecule has 0 fully saturated rings. The molecule has 0 saturated heterocycles. The Morgan fingerprint density at radius 1 is 0.219 bits per heavy atom.